The van der Waals surface area contributed by atoms with E-state index in [1.165, 1.54) is 0 Å². The van der Waals surface area contributed by atoms with Gasteiger partial charge in [-0.1, -0.05) is 34.5 Å². The van der Waals surface area contributed by atoms with Crippen LogP contribution in [0.3, 0.4) is 0 Å². The Morgan fingerprint density at radius 1 is 1.27 bits per heavy atom. The maximum absolute atomic E-state index is 11.0. The van der Waals surface area contributed by atoms with Gasteiger partial charge in [0.05, 0.1) is 16.6 Å². The molecule has 0 amide bonds. The number of ether oxygens (including phenoxy) is 1. The molecule has 1 saturated heterocycles. The van der Waals surface area contributed by atoms with Crippen molar-refractivity contribution in [2.24, 2.45) is 0 Å². The molecule has 1 aliphatic rings. The molecule has 3 aromatic rings. The number of halogens is 2. The number of nitrogens with zero attached hydrogens (tertiary/aromatic N) is 3. The number of fused-ring (bicyclic) bond motifs is 1. The van der Waals surface area contributed by atoms with Gasteiger partial charge in [-0.2, -0.15) is 0 Å². The van der Waals surface area contributed by atoms with Crippen LogP contribution in [0.1, 0.15) is 25.8 Å². The van der Waals surface area contributed by atoms with E-state index in [9.17, 15) is 4.79 Å². The number of anilines is 1. The maximum Gasteiger partial charge on any atom is 0.307 e. The maximum atomic E-state index is 11.0. The van der Waals surface area contributed by atoms with Crippen LogP contribution < -0.4 is 9.64 Å². The average molecular weight is 508 g/mol. The second-order valence-electron chi connectivity index (χ2n) is 8.54. The van der Waals surface area contributed by atoms with Crippen LogP contribution in [0.25, 0.3) is 10.2 Å². The molecular formula is C24H27Cl2N3O3S. The van der Waals surface area contributed by atoms with E-state index in [1.807, 2.05) is 18.2 Å². The first-order valence-electron chi connectivity index (χ1n) is 11.0. The molecular weight excluding hydrogens is 481 g/mol. The SMILES string of the molecule is CC(C)N(CCOc1cc(Cl)cc(CC(=O)O)c1)C1CCN(c2nc3ccc(Cl)cc3s2)C1. The van der Waals surface area contributed by atoms with Crippen LogP contribution in [0.5, 0.6) is 5.75 Å². The summed E-state index contributed by atoms with van der Waals surface area (Å²) in [6.45, 7) is 7.56. The molecule has 0 radical (unpaired) electrons. The van der Waals surface area contributed by atoms with E-state index >= 15 is 0 Å². The van der Waals surface area contributed by atoms with Crippen molar-refractivity contribution >= 4 is 55.9 Å². The average Bonchev–Trinajstić information content (AvgIpc) is 3.36. The lowest BCUT2D eigenvalue weighted by atomic mass is 10.1. The Balaban J connectivity index is 1.37. The number of aromatic nitrogens is 1. The third kappa shape index (κ3) is 6.09. The van der Waals surface area contributed by atoms with Crippen LogP contribution in [-0.2, 0) is 11.2 Å². The first-order valence-corrected chi connectivity index (χ1v) is 12.6. The van der Waals surface area contributed by atoms with E-state index < -0.39 is 5.97 Å². The molecule has 1 unspecified atom stereocenters. The van der Waals surface area contributed by atoms with Crippen LogP contribution in [0.2, 0.25) is 10.0 Å². The summed E-state index contributed by atoms with van der Waals surface area (Å²) in [6, 6.07) is 11.7. The van der Waals surface area contributed by atoms with E-state index in [4.69, 9.17) is 38.0 Å². The number of carboxylic acid groups (broad SMARTS) is 1. The van der Waals surface area contributed by atoms with Gasteiger partial charge < -0.3 is 14.7 Å². The Bertz CT molecular complexity index is 1140. The van der Waals surface area contributed by atoms with Gasteiger partial charge in [0.15, 0.2) is 5.13 Å². The van der Waals surface area contributed by atoms with E-state index in [2.05, 4.69) is 23.6 Å². The second-order valence-corrected chi connectivity index (χ2v) is 10.4. The number of carbonyl (C=O) groups is 1. The van der Waals surface area contributed by atoms with Crippen molar-refractivity contribution in [1.29, 1.82) is 0 Å². The number of carboxylic acids is 1. The zero-order valence-corrected chi connectivity index (χ0v) is 21.0. The summed E-state index contributed by atoms with van der Waals surface area (Å²) < 4.78 is 7.07. The van der Waals surface area contributed by atoms with Gasteiger partial charge in [-0.05, 0) is 62.2 Å². The fourth-order valence-corrected chi connectivity index (χ4v) is 5.84. The first kappa shape index (κ1) is 24.1. The Hall–Kier alpha value is -2.06. The summed E-state index contributed by atoms with van der Waals surface area (Å²) >= 11 is 14.0. The second kappa shape index (κ2) is 10.5. The van der Waals surface area contributed by atoms with Crippen molar-refractivity contribution in [3.05, 3.63) is 52.0 Å². The third-order valence-corrected chi connectivity index (χ3v) is 7.34. The summed E-state index contributed by atoms with van der Waals surface area (Å²) in [4.78, 5) is 20.6. The van der Waals surface area contributed by atoms with Gasteiger partial charge in [0.1, 0.15) is 12.4 Å². The molecule has 9 heteroatoms. The highest BCUT2D eigenvalue weighted by Crippen LogP contribution is 2.33. The molecule has 176 valence electrons. The highest BCUT2D eigenvalue weighted by atomic mass is 35.5. The van der Waals surface area contributed by atoms with Crippen LogP contribution in [0, 0.1) is 0 Å². The zero-order valence-electron chi connectivity index (χ0n) is 18.6. The summed E-state index contributed by atoms with van der Waals surface area (Å²) in [5, 5.41) is 11.3. The molecule has 6 nitrogen and oxygen atoms in total. The van der Waals surface area contributed by atoms with Crippen LogP contribution in [-0.4, -0.2) is 59.3 Å². The lowest BCUT2D eigenvalue weighted by molar-refractivity contribution is -0.136. The van der Waals surface area contributed by atoms with Gasteiger partial charge in [-0.25, -0.2) is 4.98 Å². The molecule has 4 rings (SSSR count). The number of hydrogen-bond donors (Lipinski definition) is 1. The predicted octanol–water partition coefficient (Wildman–Crippen LogP) is 5.60. The number of hydrogen-bond acceptors (Lipinski definition) is 6. The summed E-state index contributed by atoms with van der Waals surface area (Å²) in [7, 11) is 0. The van der Waals surface area contributed by atoms with Crippen molar-refractivity contribution in [2.45, 2.75) is 38.8 Å². The zero-order chi connectivity index (χ0) is 23.5. The molecule has 1 fully saturated rings. The van der Waals surface area contributed by atoms with Gasteiger partial charge in [0.2, 0.25) is 0 Å². The normalized spacial score (nSPS) is 16.3. The topological polar surface area (TPSA) is 65.9 Å². The quantitative estimate of drug-likeness (QED) is 0.406. The summed E-state index contributed by atoms with van der Waals surface area (Å²) in [6.07, 6.45) is 0.986. The van der Waals surface area contributed by atoms with Crippen molar-refractivity contribution in [3.63, 3.8) is 0 Å². The Labute approximate surface area is 207 Å². The fourth-order valence-electron chi connectivity index (χ4n) is 4.32. The fraction of sp³-hybridized carbons (Fsp3) is 0.417. The highest BCUT2D eigenvalue weighted by molar-refractivity contribution is 7.22. The van der Waals surface area contributed by atoms with Gasteiger partial charge in [0.25, 0.3) is 0 Å². The van der Waals surface area contributed by atoms with Gasteiger partial charge >= 0.3 is 5.97 Å². The largest absolute Gasteiger partial charge is 0.492 e. The highest BCUT2D eigenvalue weighted by Gasteiger charge is 2.30. The molecule has 0 saturated carbocycles. The van der Waals surface area contributed by atoms with Crippen molar-refractivity contribution in [1.82, 2.24) is 9.88 Å². The third-order valence-electron chi connectivity index (χ3n) is 5.81. The molecule has 1 N–H and O–H groups in total. The number of aliphatic carboxylic acids is 1. The van der Waals surface area contributed by atoms with Crippen LogP contribution in [0.4, 0.5) is 5.13 Å². The van der Waals surface area contributed by atoms with Crippen LogP contribution in [0.15, 0.2) is 36.4 Å². The Kier molecular flexibility index (Phi) is 7.64. The molecule has 2 aromatic carbocycles. The molecule has 33 heavy (non-hydrogen) atoms. The Morgan fingerprint density at radius 3 is 2.85 bits per heavy atom. The monoisotopic (exact) mass is 507 g/mol. The minimum absolute atomic E-state index is 0.0785. The number of rotatable bonds is 9. The molecule has 0 bridgehead atoms. The molecule has 1 atom stereocenters. The van der Waals surface area contributed by atoms with Gasteiger partial charge in [0, 0.05) is 41.8 Å². The minimum Gasteiger partial charge on any atom is -0.492 e. The van der Waals surface area contributed by atoms with Crippen molar-refractivity contribution < 1.29 is 14.6 Å². The minimum atomic E-state index is -0.892. The number of thiazole rings is 1. The smallest absolute Gasteiger partial charge is 0.307 e. The molecule has 1 aromatic heterocycles. The molecule has 0 spiro atoms. The van der Waals surface area contributed by atoms with E-state index in [0.29, 0.717) is 35.0 Å². The number of benzene rings is 2. The van der Waals surface area contributed by atoms with E-state index in [0.717, 1.165) is 46.4 Å². The molecule has 0 aliphatic carbocycles. The summed E-state index contributed by atoms with van der Waals surface area (Å²) in [5.74, 6) is -0.292. The standard InChI is InChI=1S/C24H27Cl2N3O3S/c1-15(2)29(7-8-32-20-10-16(11-23(30)31)9-18(26)12-20)19-5-6-28(14-19)24-27-21-4-3-17(25)13-22(21)33-24/h3-4,9-10,12-13,15,19H,5-8,11,14H2,1-2H3,(H,30,31). The molecule has 2 heterocycles. The van der Waals surface area contributed by atoms with Gasteiger partial charge in [-0.3, -0.25) is 9.69 Å². The van der Waals surface area contributed by atoms with Crippen molar-refractivity contribution in [3.8, 4) is 5.75 Å². The summed E-state index contributed by atoms with van der Waals surface area (Å²) in [5.41, 5.74) is 1.62. The first-order chi connectivity index (χ1) is 15.8. The lowest BCUT2D eigenvalue weighted by Crippen LogP contribution is -2.44. The Morgan fingerprint density at radius 2 is 2.09 bits per heavy atom. The lowest BCUT2D eigenvalue weighted by Gasteiger charge is -2.32. The van der Waals surface area contributed by atoms with Crippen LogP contribution >= 0.6 is 34.5 Å². The molecule has 1 aliphatic heterocycles. The van der Waals surface area contributed by atoms with Crippen molar-refractivity contribution in [2.75, 3.05) is 31.1 Å². The predicted molar refractivity (Wildman–Crippen MR) is 135 cm³/mol. The van der Waals surface area contributed by atoms with Gasteiger partial charge in [-0.15, -0.1) is 0 Å². The van der Waals surface area contributed by atoms with E-state index in [-0.39, 0.29) is 6.42 Å². The van der Waals surface area contributed by atoms with E-state index in [1.54, 1.807) is 29.5 Å².